The average Bonchev–Trinajstić information content (AvgIpc) is 3.36. The Morgan fingerprint density at radius 1 is 0.871 bits per heavy atom. The lowest BCUT2D eigenvalue weighted by atomic mass is 9.81. The van der Waals surface area contributed by atoms with Gasteiger partial charge in [-0.15, -0.1) is 0 Å². The molecule has 1 N–H and O–H groups in total. The van der Waals surface area contributed by atoms with Crippen LogP contribution in [0.25, 0.3) is 21.5 Å². The number of anilines is 1. The van der Waals surface area contributed by atoms with Gasteiger partial charge >= 0.3 is 0 Å². The minimum atomic E-state index is 0.313. The molecule has 158 valence electrons. The molecule has 0 spiro atoms. The van der Waals surface area contributed by atoms with Gasteiger partial charge in [-0.2, -0.15) is 0 Å². The van der Waals surface area contributed by atoms with E-state index in [0.29, 0.717) is 18.0 Å². The standard InChI is InChI=1S/C29H32N2/c1-3-25(28-16-9-19-30-28)29(27-15-8-13-22-11-6-7-14-26(22)27)31(2)24-18-17-21-10-4-5-12-23(21)20-24/h4-8,10-15,17-18,20,25,28-30H,3,9,16,19H2,1-2H3. The Morgan fingerprint density at radius 2 is 1.61 bits per heavy atom. The molecule has 5 rings (SSSR count). The van der Waals surface area contributed by atoms with Gasteiger partial charge in [-0.1, -0.05) is 79.7 Å². The fourth-order valence-corrected chi connectivity index (χ4v) is 5.60. The summed E-state index contributed by atoms with van der Waals surface area (Å²) >= 11 is 0. The highest BCUT2D eigenvalue weighted by atomic mass is 15.1. The number of rotatable bonds is 6. The molecule has 0 bridgehead atoms. The Bertz CT molecular complexity index is 1170. The molecule has 0 aromatic heterocycles. The van der Waals surface area contributed by atoms with Crippen molar-refractivity contribution in [1.29, 1.82) is 0 Å². The maximum Gasteiger partial charge on any atom is 0.0588 e. The summed E-state index contributed by atoms with van der Waals surface area (Å²) in [6, 6.07) is 32.1. The quantitative estimate of drug-likeness (QED) is 0.371. The van der Waals surface area contributed by atoms with Crippen molar-refractivity contribution in [1.82, 2.24) is 5.32 Å². The first-order valence-corrected chi connectivity index (χ1v) is 11.7. The van der Waals surface area contributed by atoms with Crippen molar-refractivity contribution in [2.75, 3.05) is 18.5 Å². The van der Waals surface area contributed by atoms with Crippen molar-refractivity contribution >= 4 is 27.2 Å². The molecule has 1 saturated heterocycles. The van der Waals surface area contributed by atoms with Gasteiger partial charge in [0.1, 0.15) is 0 Å². The third kappa shape index (κ3) is 3.81. The van der Waals surface area contributed by atoms with E-state index in [-0.39, 0.29) is 0 Å². The molecule has 2 nitrogen and oxygen atoms in total. The number of nitrogens with zero attached hydrogens (tertiary/aromatic N) is 1. The average molecular weight is 409 g/mol. The van der Waals surface area contributed by atoms with Gasteiger partial charge in [-0.05, 0) is 71.0 Å². The molecule has 1 fully saturated rings. The third-order valence-corrected chi connectivity index (χ3v) is 7.19. The summed E-state index contributed by atoms with van der Waals surface area (Å²) < 4.78 is 0. The molecule has 3 atom stereocenters. The predicted octanol–water partition coefficient (Wildman–Crippen LogP) is 6.95. The van der Waals surface area contributed by atoms with Crippen LogP contribution in [0.4, 0.5) is 5.69 Å². The Morgan fingerprint density at radius 3 is 2.39 bits per heavy atom. The monoisotopic (exact) mass is 408 g/mol. The number of benzene rings is 4. The van der Waals surface area contributed by atoms with Gasteiger partial charge in [0.05, 0.1) is 6.04 Å². The van der Waals surface area contributed by atoms with Crippen molar-refractivity contribution < 1.29 is 0 Å². The first-order valence-electron chi connectivity index (χ1n) is 11.7. The molecule has 1 heterocycles. The van der Waals surface area contributed by atoms with Crippen LogP contribution in [0.1, 0.15) is 37.8 Å². The van der Waals surface area contributed by atoms with Crippen LogP contribution in [0.3, 0.4) is 0 Å². The summed E-state index contributed by atoms with van der Waals surface area (Å²) in [5.41, 5.74) is 2.72. The fraction of sp³-hybridized carbons (Fsp3) is 0.310. The maximum absolute atomic E-state index is 3.82. The van der Waals surface area contributed by atoms with Gasteiger partial charge in [0.15, 0.2) is 0 Å². The van der Waals surface area contributed by atoms with Gasteiger partial charge < -0.3 is 10.2 Å². The van der Waals surface area contributed by atoms with Gasteiger partial charge in [-0.25, -0.2) is 0 Å². The Labute approximate surface area is 185 Å². The number of hydrogen-bond acceptors (Lipinski definition) is 2. The zero-order valence-electron chi connectivity index (χ0n) is 18.6. The molecule has 0 saturated carbocycles. The lowest BCUT2D eigenvalue weighted by molar-refractivity contribution is 0.314. The second-order valence-corrected chi connectivity index (χ2v) is 8.93. The summed E-state index contributed by atoms with van der Waals surface area (Å²) in [5, 5.41) is 9.11. The summed E-state index contributed by atoms with van der Waals surface area (Å²) in [6.45, 7) is 3.50. The first kappa shape index (κ1) is 20.1. The van der Waals surface area contributed by atoms with Crippen molar-refractivity contribution in [3.63, 3.8) is 0 Å². The minimum absolute atomic E-state index is 0.313. The molecule has 1 aliphatic rings. The molecule has 31 heavy (non-hydrogen) atoms. The zero-order valence-corrected chi connectivity index (χ0v) is 18.6. The molecule has 2 heteroatoms. The van der Waals surface area contributed by atoms with E-state index >= 15 is 0 Å². The second-order valence-electron chi connectivity index (χ2n) is 8.93. The van der Waals surface area contributed by atoms with Crippen LogP contribution < -0.4 is 10.2 Å². The first-order chi connectivity index (χ1) is 15.3. The van der Waals surface area contributed by atoms with Crippen molar-refractivity contribution in [2.45, 2.75) is 38.3 Å². The highest BCUT2D eigenvalue weighted by Gasteiger charge is 2.34. The topological polar surface area (TPSA) is 15.3 Å². The normalized spacial score (nSPS) is 18.3. The number of hydrogen-bond donors (Lipinski definition) is 1. The van der Waals surface area contributed by atoms with E-state index in [1.54, 1.807) is 0 Å². The van der Waals surface area contributed by atoms with E-state index in [1.165, 1.54) is 45.6 Å². The highest BCUT2D eigenvalue weighted by molar-refractivity contribution is 5.88. The number of nitrogens with one attached hydrogen (secondary N) is 1. The smallest absolute Gasteiger partial charge is 0.0588 e. The van der Waals surface area contributed by atoms with E-state index in [2.05, 4.69) is 109 Å². The number of fused-ring (bicyclic) bond motifs is 2. The maximum atomic E-state index is 3.82. The summed E-state index contributed by atoms with van der Waals surface area (Å²) in [6.07, 6.45) is 3.71. The van der Waals surface area contributed by atoms with Crippen LogP contribution in [0.2, 0.25) is 0 Å². The lowest BCUT2D eigenvalue weighted by Crippen LogP contribution is -2.40. The van der Waals surface area contributed by atoms with E-state index in [0.717, 1.165) is 13.0 Å². The van der Waals surface area contributed by atoms with Crippen molar-refractivity contribution in [3.05, 3.63) is 90.5 Å². The van der Waals surface area contributed by atoms with E-state index in [9.17, 15) is 0 Å². The molecule has 4 aromatic rings. The van der Waals surface area contributed by atoms with Crippen LogP contribution >= 0.6 is 0 Å². The SMILES string of the molecule is CCC(C1CCCN1)C(c1cccc2ccccc12)N(C)c1ccc2ccccc2c1. The molecule has 4 aromatic carbocycles. The van der Waals surface area contributed by atoms with E-state index in [1.807, 2.05) is 0 Å². The summed E-state index contributed by atoms with van der Waals surface area (Å²) in [5.74, 6) is 0.546. The molecule has 0 radical (unpaired) electrons. The Balaban J connectivity index is 1.65. The van der Waals surface area contributed by atoms with Gasteiger partial charge in [0.25, 0.3) is 0 Å². The summed E-state index contributed by atoms with van der Waals surface area (Å²) in [4.78, 5) is 2.53. The predicted molar refractivity (Wildman–Crippen MR) is 134 cm³/mol. The molecule has 1 aliphatic heterocycles. The molecular formula is C29H32N2. The molecule has 3 unspecified atom stereocenters. The third-order valence-electron chi connectivity index (χ3n) is 7.19. The van der Waals surface area contributed by atoms with Crippen LogP contribution in [0.15, 0.2) is 84.9 Å². The second kappa shape index (κ2) is 8.72. The zero-order chi connectivity index (χ0) is 21.2. The van der Waals surface area contributed by atoms with Gasteiger partial charge in [0, 0.05) is 18.8 Å². The van der Waals surface area contributed by atoms with Crippen LogP contribution in [0.5, 0.6) is 0 Å². The van der Waals surface area contributed by atoms with Crippen LogP contribution in [-0.4, -0.2) is 19.6 Å². The lowest BCUT2D eigenvalue weighted by Gasteiger charge is -2.40. The molecule has 0 aliphatic carbocycles. The van der Waals surface area contributed by atoms with Gasteiger partial charge in [-0.3, -0.25) is 0 Å². The Kier molecular flexibility index (Phi) is 5.65. The largest absolute Gasteiger partial charge is 0.367 e. The van der Waals surface area contributed by atoms with Crippen molar-refractivity contribution in [3.8, 4) is 0 Å². The Hall–Kier alpha value is -2.84. The van der Waals surface area contributed by atoms with Crippen molar-refractivity contribution in [2.24, 2.45) is 5.92 Å². The highest BCUT2D eigenvalue weighted by Crippen LogP contribution is 2.40. The van der Waals surface area contributed by atoms with E-state index in [4.69, 9.17) is 0 Å². The van der Waals surface area contributed by atoms with Crippen LogP contribution in [-0.2, 0) is 0 Å². The molecule has 0 amide bonds. The van der Waals surface area contributed by atoms with E-state index < -0.39 is 0 Å². The molecular weight excluding hydrogens is 376 g/mol. The van der Waals surface area contributed by atoms with Crippen LogP contribution in [0, 0.1) is 5.92 Å². The minimum Gasteiger partial charge on any atom is -0.367 e. The fourth-order valence-electron chi connectivity index (χ4n) is 5.60. The van der Waals surface area contributed by atoms with Gasteiger partial charge in [0.2, 0.25) is 0 Å². The summed E-state index contributed by atoms with van der Waals surface area (Å²) in [7, 11) is 2.29.